The summed E-state index contributed by atoms with van der Waals surface area (Å²) in [5, 5.41) is 9.96. The van der Waals surface area contributed by atoms with Gasteiger partial charge in [-0.3, -0.25) is 4.79 Å². The van der Waals surface area contributed by atoms with Crippen LogP contribution in [0.25, 0.3) is 0 Å². The second-order valence-corrected chi connectivity index (χ2v) is 4.33. The molecule has 0 saturated heterocycles. The molecule has 90 valence electrons. The van der Waals surface area contributed by atoms with Gasteiger partial charge in [0.25, 0.3) is 0 Å². The summed E-state index contributed by atoms with van der Waals surface area (Å²) in [5.41, 5.74) is -0.305. The predicted molar refractivity (Wildman–Crippen MR) is 60.6 cm³/mol. The first kappa shape index (κ1) is 14.4. The number of aliphatic hydroxyl groups excluding tert-OH is 1. The Bertz CT molecular complexity index is 191. The molecule has 0 heterocycles. The number of hydrogen-bond acceptors (Lipinski definition) is 3. The van der Waals surface area contributed by atoms with Gasteiger partial charge in [-0.05, 0) is 12.8 Å². The van der Waals surface area contributed by atoms with Crippen LogP contribution >= 0.6 is 0 Å². The van der Waals surface area contributed by atoms with Gasteiger partial charge in [0.15, 0.2) is 0 Å². The number of rotatable bonds is 7. The monoisotopic (exact) mass is 216 g/mol. The van der Waals surface area contributed by atoms with Gasteiger partial charge in [-0.25, -0.2) is 0 Å². The van der Waals surface area contributed by atoms with Gasteiger partial charge in [0, 0.05) is 11.8 Å². The van der Waals surface area contributed by atoms with E-state index in [1.807, 2.05) is 20.8 Å². The van der Waals surface area contributed by atoms with Crippen molar-refractivity contribution >= 4 is 5.97 Å². The highest BCUT2D eigenvalue weighted by molar-refractivity contribution is 5.68. The first-order valence-electron chi connectivity index (χ1n) is 5.83. The van der Waals surface area contributed by atoms with Crippen molar-refractivity contribution in [1.82, 2.24) is 0 Å². The molecule has 0 spiro atoms. The van der Waals surface area contributed by atoms with Crippen LogP contribution in [-0.4, -0.2) is 23.8 Å². The van der Waals surface area contributed by atoms with Gasteiger partial charge in [0.2, 0.25) is 0 Å². The fourth-order valence-electron chi connectivity index (χ4n) is 1.40. The van der Waals surface area contributed by atoms with E-state index >= 15 is 0 Å². The second-order valence-electron chi connectivity index (χ2n) is 4.33. The highest BCUT2D eigenvalue weighted by Crippen LogP contribution is 2.29. The number of ether oxygens (including phenoxy) is 1. The number of esters is 1. The van der Waals surface area contributed by atoms with E-state index in [2.05, 4.69) is 0 Å². The Morgan fingerprint density at radius 3 is 2.40 bits per heavy atom. The lowest BCUT2D eigenvalue weighted by Crippen LogP contribution is -2.37. The summed E-state index contributed by atoms with van der Waals surface area (Å²) in [6, 6.07) is 0. The molecule has 2 unspecified atom stereocenters. The summed E-state index contributed by atoms with van der Waals surface area (Å²) in [4.78, 5) is 11.1. The molecule has 3 heteroatoms. The Morgan fingerprint density at radius 2 is 2.00 bits per heavy atom. The van der Waals surface area contributed by atoms with Crippen LogP contribution in [0.3, 0.4) is 0 Å². The highest BCUT2D eigenvalue weighted by atomic mass is 16.5. The zero-order valence-corrected chi connectivity index (χ0v) is 10.4. The van der Waals surface area contributed by atoms with Crippen molar-refractivity contribution in [2.75, 3.05) is 6.61 Å². The summed E-state index contributed by atoms with van der Waals surface area (Å²) in [7, 11) is 0. The molecule has 0 radical (unpaired) electrons. The van der Waals surface area contributed by atoms with Gasteiger partial charge in [-0.15, -0.1) is 0 Å². The Morgan fingerprint density at radius 1 is 1.40 bits per heavy atom. The minimum Gasteiger partial charge on any atom is -0.465 e. The van der Waals surface area contributed by atoms with Gasteiger partial charge in [-0.1, -0.05) is 34.1 Å². The van der Waals surface area contributed by atoms with Crippen LogP contribution in [0, 0.1) is 5.41 Å². The van der Waals surface area contributed by atoms with E-state index in [4.69, 9.17) is 4.74 Å². The third kappa shape index (κ3) is 4.65. The van der Waals surface area contributed by atoms with E-state index in [0.717, 1.165) is 19.3 Å². The maximum Gasteiger partial charge on any atom is 0.305 e. The minimum atomic E-state index is -0.392. The van der Waals surface area contributed by atoms with Crippen LogP contribution in [-0.2, 0) is 9.53 Å². The fourth-order valence-corrected chi connectivity index (χ4v) is 1.40. The van der Waals surface area contributed by atoms with Crippen LogP contribution in [0.1, 0.15) is 53.4 Å². The Hall–Kier alpha value is -0.570. The molecular weight excluding hydrogens is 192 g/mol. The first-order valence-corrected chi connectivity index (χ1v) is 5.83. The Balaban J connectivity index is 4.23. The van der Waals surface area contributed by atoms with Crippen molar-refractivity contribution in [1.29, 1.82) is 0 Å². The van der Waals surface area contributed by atoms with Crippen LogP contribution in [0.15, 0.2) is 0 Å². The molecule has 0 saturated carbocycles. The molecule has 0 aliphatic heterocycles. The van der Waals surface area contributed by atoms with Gasteiger partial charge in [0.1, 0.15) is 0 Å². The summed E-state index contributed by atoms with van der Waals surface area (Å²) < 4.78 is 5.12. The summed E-state index contributed by atoms with van der Waals surface area (Å²) in [6.07, 6.45) is 2.51. The molecule has 0 aliphatic carbocycles. The average molecular weight is 216 g/mol. The molecule has 1 N–H and O–H groups in total. The lowest BCUT2D eigenvalue weighted by Gasteiger charge is -2.32. The first-order chi connectivity index (χ1) is 7.00. The molecule has 0 rings (SSSR count). The van der Waals surface area contributed by atoms with Gasteiger partial charge >= 0.3 is 5.97 Å². The molecule has 2 atom stereocenters. The zero-order valence-electron chi connectivity index (χ0n) is 10.4. The molecule has 0 bridgehead atoms. The van der Waals surface area contributed by atoms with Crippen molar-refractivity contribution in [2.24, 2.45) is 5.41 Å². The highest BCUT2D eigenvalue weighted by Gasteiger charge is 2.32. The van der Waals surface area contributed by atoms with E-state index in [0.29, 0.717) is 13.0 Å². The van der Waals surface area contributed by atoms with Crippen LogP contribution in [0.2, 0.25) is 0 Å². The summed E-state index contributed by atoms with van der Waals surface area (Å²) in [6.45, 7) is 8.11. The van der Waals surface area contributed by atoms with E-state index in [-0.39, 0.29) is 11.4 Å². The molecule has 0 aromatic carbocycles. The fraction of sp³-hybridized carbons (Fsp3) is 0.917. The van der Waals surface area contributed by atoms with Crippen molar-refractivity contribution in [3.63, 3.8) is 0 Å². The third-order valence-corrected chi connectivity index (χ3v) is 3.03. The topological polar surface area (TPSA) is 46.5 Å². The molecule has 15 heavy (non-hydrogen) atoms. The van der Waals surface area contributed by atoms with Crippen molar-refractivity contribution < 1.29 is 14.6 Å². The summed E-state index contributed by atoms with van der Waals surface area (Å²) in [5.74, 6) is -0.196. The third-order valence-electron chi connectivity index (χ3n) is 3.03. The van der Waals surface area contributed by atoms with E-state index in [9.17, 15) is 9.90 Å². The standard InChI is InChI=1S/C12H24O3/c1-5-8-10(13)12(4,7-3)9-15-11(14)6-2/h10,13H,5-9H2,1-4H3. The quantitative estimate of drug-likeness (QED) is 0.665. The zero-order chi connectivity index (χ0) is 11.9. The molecule has 0 aromatic heterocycles. The van der Waals surface area contributed by atoms with Crippen molar-refractivity contribution in [2.45, 2.75) is 59.5 Å². The van der Waals surface area contributed by atoms with Crippen LogP contribution in [0.5, 0.6) is 0 Å². The predicted octanol–water partition coefficient (Wildman–Crippen LogP) is 2.52. The molecule has 3 nitrogen and oxygen atoms in total. The van der Waals surface area contributed by atoms with Crippen LogP contribution < -0.4 is 0 Å². The Labute approximate surface area is 92.8 Å². The maximum atomic E-state index is 11.1. The van der Waals surface area contributed by atoms with Gasteiger partial charge < -0.3 is 9.84 Å². The number of aliphatic hydroxyl groups is 1. The van der Waals surface area contributed by atoms with E-state index in [1.54, 1.807) is 6.92 Å². The molecule has 0 aliphatic rings. The van der Waals surface area contributed by atoms with E-state index in [1.165, 1.54) is 0 Å². The Kier molecular flexibility index (Phi) is 6.57. The lowest BCUT2D eigenvalue weighted by molar-refractivity contribution is -0.149. The summed E-state index contributed by atoms with van der Waals surface area (Å²) >= 11 is 0. The van der Waals surface area contributed by atoms with Gasteiger partial charge in [0.05, 0.1) is 12.7 Å². The molecule has 0 fully saturated rings. The minimum absolute atomic E-state index is 0.196. The smallest absolute Gasteiger partial charge is 0.305 e. The SMILES string of the molecule is CCCC(O)C(C)(CC)COC(=O)CC. The molecule has 0 aromatic rings. The number of carbonyl (C=O) groups excluding carboxylic acids is 1. The number of hydrogen-bond donors (Lipinski definition) is 1. The number of carbonyl (C=O) groups is 1. The average Bonchev–Trinajstić information content (AvgIpc) is 2.25. The molecular formula is C12H24O3. The maximum absolute atomic E-state index is 11.1. The molecule has 0 amide bonds. The van der Waals surface area contributed by atoms with E-state index < -0.39 is 6.10 Å². The van der Waals surface area contributed by atoms with Crippen molar-refractivity contribution in [3.8, 4) is 0 Å². The van der Waals surface area contributed by atoms with Crippen LogP contribution in [0.4, 0.5) is 0 Å². The lowest BCUT2D eigenvalue weighted by atomic mass is 9.80. The normalized spacial score (nSPS) is 16.9. The largest absolute Gasteiger partial charge is 0.465 e. The van der Waals surface area contributed by atoms with Gasteiger partial charge in [-0.2, -0.15) is 0 Å². The van der Waals surface area contributed by atoms with Crippen molar-refractivity contribution in [3.05, 3.63) is 0 Å². The second kappa shape index (κ2) is 6.83.